The predicted molar refractivity (Wildman–Crippen MR) is 101 cm³/mol. The van der Waals surface area contributed by atoms with Crippen molar-refractivity contribution in [3.8, 4) is 0 Å². The first kappa shape index (κ1) is 20.5. The van der Waals surface area contributed by atoms with E-state index in [2.05, 4.69) is 22.7 Å². The summed E-state index contributed by atoms with van der Waals surface area (Å²) >= 11 is 0. The number of nitrogens with one attached hydrogen (secondary N) is 2. The Labute approximate surface area is 161 Å². The maximum atomic E-state index is 12.8. The fraction of sp³-hybridized carbons (Fsp3) is 0.895. The molecule has 0 aromatic carbocycles. The van der Waals surface area contributed by atoms with Crippen molar-refractivity contribution >= 4 is 11.8 Å². The molecule has 2 saturated heterocycles. The Morgan fingerprint density at radius 3 is 2.70 bits per heavy atom. The van der Waals surface area contributed by atoms with E-state index in [9.17, 15) is 9.59 Å². The van der Waals surface area contributed by atoms with Gasteiger partial charge in [0.15, 0.2) is 6.10 Å². The van der Waals surface area contributed by atoms with Crippen molar-refractivity contribution in [1.82, 2.24) is 20.7 Å². The highest BCUT2D eigenvalue weighted by molar-refractivity contribution is 5.83. The highest BCUT2D eigenvalue weighted by atomic mass is 16.5. The normalized spacial score (nSPS) is 33.2. The van der Waals surface area contributed by atoms with E-state index in [0.717, 1.165) is 19.6 Å². The molecule has 0 aromatic heterocycles. The molecular weight excluding hydrogens is 348 g/mol. The van der Waals surface area contributed by atoms with Crippen LogP contribution in [0.15, 0.2) is 0 Å². The summed E-state index contributed by atoms with van der Waals surface area (Å²) in [4.78, 5) is 29.1. The molecular formula is C19H34N4O4. The minimum absolute atomic E-state index is 0.143. The number of piperazine rings is 1. The van der Waals surface area contributed by atoms with Crippen molar-refractivity contribution in [3.05, 3.63) is 0 Å². The number of rotatable bonds is 7. The van der Waals surface area contributed by atoms with E-state index in [4.69, 9.17) is 9.47 Å². The molecule has 1 saturated carbocycles. The van der Waals surface area contributed by atoms with Gasteiger partial charge in [-0.15, -0.1) is 0 Å². The third kappa shape index (κ3) is 5.19. The van der Waals surface area contributed by atoms with Gasteiger partial charge in [0.05, 0.1) is 25.8 Å². The number of ether oxygens (including phenoxy) is 2. The Bertz CT molecular complexity index is 518. The smallest absolute Gasteiger partial charge is 0.264 e. The van der Waals surface area contributed by atoms with Crippen molar-refractivity contribution in [1.29, 1.82) is 0 Å². The first-order valence-electron chi connectivity index (χ1n) is 10.2. The summed E-state index contributed by atoms with van der Waals surface area (Å²) in [5.41, 5.74) is 5.55. The van der Waals surface area contributed by atoms with Gasteiger partial charge in [-0.1, -0.05) is 26.2 Å². The first-order chi connectivity index (χ1) is 13.1. The molecule has 0 radical (unpaired) electrons. The van der Waals surface area contributed by atoms with Gasteiger partial charge in [0, 0.05) is 33.3 Å². The minimum Gasteiger partial charge on any atom is -0.382 e. The van der Waals surface area contributed by atoms with Gasteiger partial charge in [0.2, 0.25) is 5.91 Å². The fourth-order valence-electron chi connectivity index (χ4n) is 4.51. The van der Waals surface area contributed by atoms with Crippen LogP contribution in [0.1, 0.15) is 32.6 Å². The Morgan fingerprint density at radius 2 is 1.96 bits per heavy atom. The van der Waals surface area contributed by atoms with E-state index in [0.29, 0.717) is 38.1 Å². The second-order valence-electron chi connectivity index (χ2n) is 8.05. The number of carbonyl (C=O) groups excluding carboxylic acids is 2. The number of hydrogen-bond donors (Lipinski definition) is 2. The van der Waals surface area contributed by atoms with Crippen molar-refractivity contribution in [2.24, 2.45) is 11.8 Å². The van der Waals surface area contributed by atoms with Crippen LogP contribution >= 0.6 is 0 Å². The minimum atomic E-state index is -0.584. The Morgan fingerprint density at radius 1 is 1.15 bits per heavy atom. The second-order valence-corrected chi connectivity index (χ2v) is 8.05. The van der Waals surface area contributed by atoms with Gasteiger partial charge in [0.25, 0.3) is 5.91 Å². The van der Waals surface area contributed by atoms with Crippen LogP contribution in [-0.4, -0.2) is 86.8 Å². The number of hydrogen-bond acceptors (Lipinski definition) is 6. The summed E-state index contributed by atoms with van der Waals surface area (Å²) in [6, 6.07) is -0.143. The van der Waals surface area contributed by atoms with Gasteiger partial charge in [0.1, 0.15) is 0 Å². The highest BCUT2D eigenvalue weighted by Gasteiger charge is 2.40. The zero-order valence-corrected chi connectivity index (χ0v) is 16.6. The highest BCUT2D eigenvalue weighted by Crippen LogP contribution is 2.30. The molecule has 2 aliphatic heterocycles. The number of amides is 2. The number of methoxy groups -OCH3 is 1. The summed E-state index contributed by atoms with van der Waals surface area (Å²) in [7, 11) is 1.61. The van der Waals surface area contributed by atoms with Crippen LogP contribution in [0, 0.1) is 11.8 Å². The molecule has 8 nitrogen and oxygen atoms in total. The first-order valence-corrected chi connectivity index (χ1v) is 10.2. The van der Waals surface area contributed by atoms with Crippen LogP contribution in [0.25, 0.3) is 0 Å². The van der Waals surface area contributed by atoms with E-state index >= 15 is 0 Å². The third-order valence-corrected chi connectivity index (χ3v) is 6.28. The zero-order chi connectivity index (χ0) is 19.2. The van der Waals surface area contributed by atoms with Crippen LogP contribution < -0.4 is 10.9 Å². The van der Waals surface area contributed by atoms with Gasteiger partial charge < -0.3 is 14.4 Å². The molecule has 27 heavy (non-hydrogen) atoms. The van der Waals surface area contributed by atoms with E-state index < -0.39 is 6.10 Å². The fourth-order valence-corrected chi connectivity index (χ4v) is 4.51. The van der Waals surface area contributed by atoms with Gasteiger partial charge in [-0.05, 0) is 18.3 Å². The quantitative estimate of drug-likeness (QED) is 0.603. The van der Waals surface area contributed by atoms with Gasteiger partial charge in [-0.2, -0.15) is 0 Å². The molecule has 2 heterocycles. The van der Waals surface area contributed by atoms with Crippen LogP contribution in [0.4, 0.5) is 0 Å². The zero-order valence-electron chi connectivity index (χ0n) is 16.6. The number of nitrogens with zero attached hydrogens (tertiary/aromatic N) is 2. The van der Waals surface area contributed by atoms with Crippen LogP contribution in [0.2, 0.25) is 0 Å². The lowest BCUT2D eigenvalue weighted by Gasteiger charge is -2.44. The van der Waals surface area contributed by atoms with Crippen molar-refractivity contribution in [2.75, 3.05) is 53.0 Å². The topological polar surface area (TPSA) is 83.1 Å². The molecule has 2 amide bonds. The van der Waals surface area contributed by atoms with Gasteiger partial charge in [-0.3, -0.25) is 19.9 Å². The van der Waals surface area contributed by atoms with Crippen LogP contribution in [0.3, 0.4) is 0 Å². The van der Waals surface area contributed by atoms with Gasteiger partial charge in [-0.25, -0.2) is 5.43 Å². The lowest BCUT2D eigenvalue weighted by Crippen LogP contribution is -2.67. The number of carbonyl (C=O) groups is 2. The summed E-state index contributed by atoms with van der Waals surface area (Å²) in [5, 5.41) is 0. The van der Waals surface area contributed by atoms with Crippen LogP contribution in [-0.2, 0) is 19.1 Å². The van der Waals surface area contributed by atoms with E-state index in [-0.39, 0.29) is 17.9 Å². The predicted octanol–water partition coefficient (Wildman–Crippen LogP) is -0.00850. The maximum absolute atomic E-state index is 12.8. The molecule has 1 aliphatic carbocycles. The molecule has 0 spiro atoms. The molecule has 0 bridgehead atoms. The summed E-state index contributed by atoms with van der Waals surface area (Å²) < 4.78 is 10.8. The Kier molecular flexibility index (Phi) is 7.46. The molecule has 0 aromatic rings. The largest absolute Gasteiger partial charge is 0.382 e. The molecule has 154 valence electrons. The molecule has 4 atom stereocenters. The average Bonchev–Trinajstić information content (AvgIpc) is 2.66. The lowest BCUT2D eigenvalue weighted by molar-refractivity contribution is -0.151. The standard InChI is InChI=1S/C19H34N4O4/c1-14-5-3-4-6-15(14)12-23-8-7-22(13-17(23)24)16-11-20-21-19(25)18(16)27-10-9-26-2/h14-16,18,20H,3-13H2,1-2H3,(H,21,25). The van der Waals surface area contributed by atoms with Crippen molar-refractivity contribution < 1.29 is 19.1 Å². The lowest BCUT2D eigenvalue weighted by atomic mass is 9.80. The molecule has 2 N–H and O–H groups in total. The average molecular weight is 383 g/mol. The summed E-state index contributed by atoms with van der Waals surface area (Å²) in [5.74, 6) is 1.31. The number of hydrazine groups is 1. The monoisotopic (exact) mass is 382 g/mol. The Hall–Kier alpha value is -1.22. The van der Waals surface area contributed by atoms with E-state index in [1.807, 2.05) is 4.90 Å². The molecule has 8 heteroatoms. The maximum Gasteiger partial charge on any atom is 0.264 e. The summed E-state index contributed by atoms with van der Waals surface area (Å²) in [6.45, 7) is 6.42. The van der Waals surface area contributed by atoms with E-state index in [1.165, 1.54) is 25.7 Å². The molecule has 4 unspecified atom stereocenters. The molecule has 3 aliphatic rings. The summed E-state index contributed by atoms with van der Waals surface area (Å²) in [6.07, 6.45) is 4.53. The Balaban J connectivity index is 1.55. The SMILES string of the molecule is COCCOC1C(=O)NNCC1N1CCN(CC2CCCCC2C)C(=O)C1. The van der Waals surface area contributed by atoms with Crippen LogP contribution in [0.5, 0.6) is 0 Å². The van der Waals surface area contributed by atoms with Gasteiger partial charge >= 0.3 is 0 Å². The van der Waals surface area contributed by atoms with Crippen molar-refractivity contribution in [2.45, 2.75) is 44.8 Å². The second kappa shape index (κ2) is 9.82. The van der Waals surface area contributed by atoms with E-state index in [1.54, 1.807) is 7.11 Å². The van der Waals surface area contributed by atoms with Crippen molar-refractivity contribution in [3.63, 3.8) is 0 Å². The molecule has 3 rings (SSSR count). The molecule has 3 fully saturated rings. The third-order valence-electron chi connectivity index (χ3n) is 6.28.